The molecule has 0 atom stereocenters. The Morgan fingerprint density at radius 2 is 2.00 bits per heavy atom. The Hall–Kier alpha value is -2.57. The summed E-state index contributed by atoms with van der Waals surface area (Å²) in [5.41, 5.74) is 6.15. The van der Waals surface area contributed by atoms with Crippen molar-refractivity contribution in [3.8, 4) is 0 Å². The van der Waals surface area contributed by atoms with Crippen LogP contribution in [0.3, 0.4) is 0 Å². The number of nitro groups is 1. The van der Waals surface area contributed by atoms with Gasteiger partial charge in [0.15, 0.2) is 5.65 Å². The number of imidazole rings is 1. The molecule has 1 aromatic carbocycles. The van der Waals surface area contributed by atoms with E-state index < -0.39 is 24.5 Å². The molecule has 3 aromatic rings. The molecule has 0 bridgehead atoms. The van der Waals surface area contributed by atoms with Crippen molar-refractivity contribution in [1.82, 2.24) is 19.5 Å². The summed E-state index contributed by atoms with van der Waals surface area (Å²) in [6.07, 6.45) is 2.24. The van der Waals surface area contributed by atoms with Gasteiger partial charge in [-0.3, -0.25) is 14.7 Å². The Balaban J connectivity index is 1.59. The van der Waals surface area contributed by atoms with Crippen LogP contribution < -0.4 is 5.73 Å². The summed E-state index contributed by atoms with van der Waals surface area (Å²) >= 11 is 1.25. The molecule has 1 saturated carbocycles. The molecule has 0 radical (unpaired) electrons. The van der Waals surface area contributed by atoms with E-state index in [1.807, 2.05) is 0 Å². The van der Waals surface area contributed by atoms with Crippen LogP contribution in [0.15, 0.2) is 40.5 Å². The van der Waals surface area contributed by atoms with E-state index in [0.29, 0.717) is 35.6 Å². The van der Waals surface area contributed by atoms with Gasteiger partial charge in [0.05, 0.1) is 23.4 Å². The molecule has 2 aromatic heterocycles. The maximum Gasteiger partial charge on any atom is 0.351 e. The number of anilines is 1. The maximum atomic E-state index is 11.1. The molecule has 30 heavy (non-hydrogen) atoms. The number of nitro benzene ring substituents is 1. The number of hydrogen-bond donors (Lipinski definition) is 3. The smallest absolute Gasteiger partial charge is 0.351 e. The van der Waals surface area contributed by atoms with Crippen molar-refractivity contribution >= 4 is 42.2 Å². The second-order valence-corrected chi connectivity index (χ2v) is 9.56. The molecule has 0 amide bonds. The van der Waals surface area contributed by atoms with Gasteiger partial charge in [0.1, 0.15) is 16.9 Å². The van der Waals surface area contributed by atoms with Crippen LogP contribution >= 0.6 is 19.4 Å². The number of nitrogen functional groups attached to an aromatic ring is 1. The van der Waals surface area contributed by atoms with Crippen molar-refractivity contribution in [2.75, 3.05) is 12.1 Å². The molecular formula is C16H17N6O6PS. The topological polar surface area (TPSA) is 180 Å². The van der Waals surface area contributed by atoms with Gasteiger partial charge in [-0.25, -0.2) is 9.97 Å². The second kappa shape index (κ2) is 7.60. The Morgan fingerprint density at radius 1 is 1.30 bits per heavy atom. The lowest BCUT2D eigenvalue weighted by Crippen LogP contribution is -2.22. The molecule has 0 unspecified atom stereocenters. The molecule has 12 nitrogen and oxygen atoms in total. The Morgan fingerprint density at radius 3 is 2.60 bits per heavy atom. The SMILES string of the molecule is Nc1nc(Sc2ccc([N+](=O)[O-])cc2)c2ncn(CC3(OCP(=O)(O)O)CC3)c2n1. The number of non-ortho nitro benzene ring substituents is 1. The lowest BCUT2D eigenvalue weighted by atomic mass is 10.3. The van der Waals surface area contributed by atoms with Crippen LogP contribution in [0.5, 0.6) is 0 Å². The van der Waals surface area contributed by atoms with E-state index in [0.717, 1.165) is 4.90 Å². The number of hydrogen-bond acceptors (Lipinski definition) is 9. The summed E-state index contributed by atoms with van der Waals surface area (Å²) in [5.74, 6) is 0.0367. The second-order valence-electron chi connectivity index (χ2n) is 6.91. The Kier molecular flexibility index (Phi) is 5.24. The van der Waals surface area contributed by atoms with Gasteiger partial charge < -0.3 is 24.8 Å². The van der Waals surface area contributed by atoms with E-state index in [-0.39, 0.29) is 11.6 Å². The number of fused-ring (bicyclic) bond motifs is 1. The van der Waals surface area contributed by atoms with Gasteiger partial charge in [-0.1, -0.05) is 11.8 Å². The molecular weight excluding hydrogens is 435 g/mol. The third-order valence-electron chi connectivity index (χ3n) is 4.52. The largest absolute Gasteiger partial charge is 0.368 e. The van der Waals surface area contributed by atoms with Crippen LogP contribution in [0.25, 0.3) is 11.2 Å². The highest BCUT2D eigenvalue weighted by molar-refractivity contribution is 7.99. The first-order chi connectivity index (χ1) is 14.1. The normalized spacial score (nSPS) is 15.4. The van der Waals surface area contributed by atoms with Crippen LogP contribution in [0.4, 0.5) is 11.6 Å². The predicted molar refractivity (Wildman–Crippen MR) is 107 cm³/mol. The Bertz CT molecular complexity index is 1160. The fraction of sp³-hybridized carbons (Fsp3) is 0.312. The minimum Gasteiger partial charge on any atom is -0.368 e. The number of nitrogens with zero attached hydrogens (tertiary/aromatic N) is 5. The van der Waals surface area contributed by atoms with Crippen LogP contribution in [0.1, 0.15) is 12.8 Å². The Labute approximate surface area is 173 Å². The minimum atomic E-state index is -4.26. The molecule has 1 aliphatic carbocycles. The predicted octanol–water partition coefficient (Wildman–Crippen LogP) is 2.15. The van der Waals surface area contributed by atoms with Crippen molar-refractivity contribution in [1.29, 1.82) is 0 Å². The fourth-order valence-electron chi connectivity index (χ4n) is 2.89. The summed E-state index contributed by atoms with van der Waals surface area (Å²) in [5, 5.41) is 11.3. The third-order valence-corrected chi connectivity index (χ3v) is 5.97. The summed E-state index contributed by atoms with van der Waals surface area (Å²) < 4.78 is 18.3. The molecule has 2 heterocycles. The first-order valence-electron chi connectivity index (χ1n) is 8.73. The van der Waals surface area contributed by atoms with E-state index in [2.05, 4.69) is 15.0 Å². The molecule has 0 saturated heterocycles. The highest BCUT2D eigenvalue weighted by Gasteiger charge is 2.46. The van der Waals surface area contributed by atoms with Crippen molar-refractivity contribution in [3.05, 3.63) is 40.7 Å². The highest BCUT2D eigenvalue weighted by atomic mass is 32.2. The highest BCUT2D eigenvalue weighted by Crippen LogP contribution is 2.46. The van der Waals surface area contributed by atoms with Crippen LogP contribution in [0.2, 0.25) is 0 Å². The van der Waals surface area contributed by atoms with Gasteiger partial charge in [0.2, 0.25) is 5.95 Å². The average Bonchev–Trinajstić information content (AvgIpc) is 3.33. The molecule has 1 aliphatic rings. The van der Waals surface area contributed by atoms with Crippen molar-refractivity contribution in [2.45, 2.75) is 34.9 Å². The summed E-state index contributed by atoms with van der Waals surface area (Å²) in [6, 6.07) is 6.02. The van der Waals surface area contributed by atoms with Crippen LogP contribution in [-0.4, -0.2) is 46.2 Å². The first kappa shape index (κ1) is 20.7. The zero-order chi connectivity index (χ0) is 21.5. The molecule has 1 fully saturated rings. The zero-order valence-electron chi connectivity index (χ0n) is 15.4. The molecule has 4 rings (SSSR count). The molecule has 4 N–H and O–H groups in total. The van der Waals surface area contributed by atoms with E-state index in [1.54, 1.807) is 23.0 Å². The number of rotatable bonds is 8. The van der Waals surface area contributed by atoms with Gasteiger partial charge in [-0.15, -0.1) is 0 Å². The standard InChI is InChI=1S/C16H17N6O6PS/c17-15-19-13-12(14(20-15)30-11-3-1-10(2-4-11)22(23)24)18-8-21(13)7-16(5-6-16)28-9-29(25,26)27/h1-4,8H,5-7,9H2,(H2,17,19,20)(H2,25,26,27). The summed E-state index contributed by atoms with van der Waals surface area (Å²) in [6.45, 7) is 0.321. The van der Waals surface area contributed by atoms with E-state index in [1.165, 1.54) is 23.9 Å². The summed E-state index contributed by atoms with van der Waals surface area (Å²) in [4.78, 5) is 42.0. The van der Waals surface area contributed by atoms with Crippen molar-refractivity contribution in [3.63, 3.8) is 0 Å². The minimum absolute atomic E-state index is 0.0130. The van der Waals surface area contributed by atoms with Gasteiger partial charge in [0.25, 0.3) is 5.69 Å². The van der Waals surface area contributed by atoms with E-state index >= 15 is 0 Å². The molecule has 14 heteroatoms. The lowest BCUT2D eigenvalue weighted by molar-refractivity contribution is -0.384. The quantitative estimate of drug-likeness (QED) is 0.197. The van der Waals surface area contributed by atoms with Gasteiger partial charge in [-0.2, -0.15) is 4.98 Å². The van der Waals surface area contributed by atoms with Crippen molar-refractivity contribution < 1.29 is 24.0 Å². The first-order valence-corrected chi connectivity index (χ1v) is 11.3. The maximum absolute atomic E-state index is 11.1. The monoisotopic (exact) mass is 452 g/mol. The van der Waals surface area contributed by atoms with Gasteiger partial charge >= 0.3 is 7.60 Å². The third kappa shape index (κ3) is 4.60. The van der Waals surface area contributed by atoms with Crippen LogP contribution in [0, 0.1) is 10.1 Å². The average molecular weight is 452 g/mol. The van der Waals surface area contributed by atoms with Crippen LogP contribution in [-0.2, 0) is 15.8 Å². The summed E-state index contributed by atoms with van der Waals surface area (Å²) in [7, 11) is -4.26. The number of nitrogens with two attached hydrogens (primary N) is 1. The van der Waals surface area contributed by atoms with Gasteiger partial charge in [-0.05, 0) is 25.0 Å². The molecule has 158 valence electrons. The number of benzene rings is 1. The van der Waals surface area contributed by atoms with E-state index in [9.17, 15) is 14.7 Å². The van der Waals surface area contributed by atoms with Crippen molar-refractivity contribution in [2.24, 2.45) is 0 Å². The zero-order valence-corrected chi connectivity index (χ0v) is 17.1. The number of ether oxygens (including phenoxy) is 1. The van der Waals surface area contributed by atoms with Gasteiger partial charge in [0, 0.05) is 17.0 Å². The lowest BCUT2D eigenvalue weighted by Gasteiger charge is -2.17. The molecule has 0 aliphatic heterocycles. The number of aromatic nitrogens is 4. The molecule has 0 spiro atoms. The van der Waals surface area contributed by atoms with E-state index in [4.69, 9.17) is 20.3 Å². The fourth-order valence-corrected chi connectivity index (χ4v) is 4.21.